The molecule has 0 heterocycles. The lowest BCUT2D eigenvalue weighted by Gasteiger charge is -2.21. The van der Waals surface area contributed by atoms with Gasteiger partial charge >= 0.3 is 0 Å². The van der Waals surface area contributed by atoms with Crippen LogP contribution in [0.2, 0.25) is 0 Å². The molecule has 0 bridgehead atoms. The second-order valence-electron chi connectivity index (χ2n) is 3.36. The first-order valence-corrected chi connectivity index (χ1v) is 5.71. The first-order chi connectivity index (χ1) is 4.93. The normalized spacial score (nSPS) is 22.2. The van der Waals surface area contributed by atoms with Crippen LogP contribution in [0, 0.1) is 5.92 Å². The second kappa shape index (κ2) is 2.75. The lowest BCUT2D eigenvalue weighted by Crippen LogP contribution is -2.35. The van der Waals surface area contributed by atoms with Gasteiger partial charge in [-0.1, -0.05) is 0 Å². The fraction of sp³-hybridized carbons (Fsp3) is 1.00. The lowest BCUT2D eigenvalue weighted by molar-refractivity contribution is 0.359. The number of nitrogens with zero attached hydrogens (tertiary/aromatic N) is 1. The van der Waals surface area contributed by atoms with Crippen molar-refractivity contribution >= 4 is 10.0 Å². The summed E-state index contributed by atoms with van der Waals surface area (Å²) in [6.45, 7) is 1.97. The van der Waals surface area contributed by atoms with Crippen LogP contribution in [0.4, 0.5) is 0 Å². The van der Waals surface area contributed by atoms with Gasteiger partial charge in [-0.2, -0.15) is 0 Å². The van der Waals surface area contributed by atoms with Crippen LogP contribution in [0.1, 0.15) is 19.8 Å². The molecule has 1 saturated carbocycles. The molecule has 4 heteroatoms. The van der Waals surface area contributed by atoms with Crippen LogP contribution in [0.5, 0.6) is 0 Å². The van der Waals surface area contributed by atoms with Gasteiger partial charge in [-0.25, -0.2) is 12.7 Å². The zero-order valence-electron chi connectivity index (χ0n) is 7.24. The molecule has 1 aliphatic carbocycles. The third-order valence-corrected chi connectivity index (χ3v) is 3.78. The van der Waals surface area contributed by atoms with Crippen molar-refractivity contribution in [1.82, 2.24) is 4.31 Å². The van der Waals surface area contributed by atoms with E-state index in [1.807, 2.05) is 6.92 Å². The molecular formula is C7H15NO2S. The summed E-state index contributed by atoms with van der Waals surface area (Å²) in [5.41, 5.74) is 0. The maximum atomic E-state index is 11.0. The highest BCUT2D eigenvalue weighted by atomic mass is 32.2. The highest BCUT2D eigenvalue weighted by molar-refractivity contribution is 7.88. The largest absolute Gasteiger partial charge is 0.213 e. The highest BCUT2D eigenvalue weighted by Gasteiger charge is 2.33. The van der Waals surface area contributed by atoms with Crippen LogP contribution in [-0.4, -0.2) is 32.1 Å². The van der Waals surface area contributed by atoms with Gasteiger partial charge in [-0.05, 0) is 25.7 Å². The van der Waals surface area contributed by atoms with Crippen LogP contribution < -0.4 is 0 Å². The Morgan fingerprint density at radius 1 is 1.45 bits per heavy atom. The molecule has 1 aliphatic rings. The summed E-state index contributed by atoms with van der Waals surface area (Å²) >= 11 is 0. The van der Waals surface area contributed by atoms with E-state index in [9.17, 15) is 8.42 Å². The van der Waals surface area contributed by atoms with Gasteiger partial charge in [0.15, 0.2) is 0 Å². The van der Waals surface area contributed by atoms with E-state index in [4.69, 9.17) is 0 Å². The molecule has 0 aromatic carbocycles. The zero-order chi connectivity index (χ0) is 8.65. The van der Waals surface area contributed by atoms with Crippen LogP contribution in [0.25, 0.3) is 0 Å². The maximum absolute atomic E-state index is 11.0. The number of hydrogen-bond donors (Lipinski definition) is 0. The number of rotatable bonds is 3. The monoisotopic (exact) mass is 177 g/mol. The van der Waals surface area contributed by atoms with Gasteiger partial charge in [-0.3, -0.25) is 0 Å². The second-order valence-corrected chi connectivity index (χ2v) is 5.40. The molecule has 0 amide bonds. The van der Waals surface area contributed by atoms with E-state index in [0.29, 0.717) is 5.92 Å². The van der Waals surface area contributed by atoms with Crippen molar-refractivity contribution in [2.45, 2.75) is 25.8 Å². The van der Waals surface area contributed by atoms with Gasteiger partial charge in [0.25, 0.3) is 0 Å². The molecule has 0 aromatic heterocycles. The Balaban J connectivity index is 2.59. The molecule has 11 heavy (non-hydrogen) atoms. The Kier molecular flexibility index (Phi) is 2.25. The Labute approximate surface area is 68.4 Å². The van der Waals surface area contributed by atoms with E-state index >= 15 is 0 Å². The summed E-state index contributed by atoms with van der Waals surface area (Å²) in [7, 11) is -1.32. The minimum absolute atomic E-state index is 0.185. The fourth-order valence-corrected chi connectivity index (χ4v) is 1.95. The van der Waals surface area contributed by atoms with Crippen molar-refractivity contribution in [1.29, 1.82) is 0 Å². The van der Waals surface area contributed by atoms with Crippen LogP contribution in [0.15, 0.2) is 0 Å². The van der Waals surface area contributed by atoms with Gasteiger partial charge < -0.3 is 0 Å². The molecule has 0 aromatic rings. The molecule has 0 N–H and O–H groups in total. The topological polar surface area (TPSA) is 37.4 Å². The Bertz CT molecular complexity index is 231. The van der Waals surface area contributed by atoms with Gasteiger partial charge in [0.2, 0.25) is 10.0 Å². The van der Waals surface area contributed by atoms with Crippen molar-refractivity contribution in [3.8, 4) is 0 Å². The average molecular weight is 177 g/mol. The summed E-state index contributed by atoms with van der Waals surface area (Å²) in [5, 5.41) is 0. The van der Waals surface area contributed by atoms with Crippen molar-refractivity contribution < 1.29 is 8.42 Å². The zero-order valence-corrected chi connectivity index (χ0v) is 8.06. The minimum Gasteiger partial charge on any atom is -0.213 e. The van der Waals surface area contributed by atoms with E-state index in [1.165, 1.54) is 23.4 Å². The van der Waals surface area contributed by atoms with Crippen molar-refractivity contribution in [3.05, 3.63) is 0 Å². The first kappa shape index (κ1) is 9.00. The van der Waals surface area contributed by atoms with E-state index in [2.05, 4.69) is 0 Å². The number of hydrogen-bond acceptors (Lipinski definition) is 2. The quantitative estimate of drug-likeness (QED) is 0.635. The predicted octanol–water partition coefficient (Wildman–Crippen LogP) is 0.676. The number of sulfonamides is 1. The van der Waals surface area contributed by atoms with Gasteiger partial charge in [0, 0.05) is 13.1 Å². The summed E-state index contributed by atoms with van der Waals surface area (Å²) in [4.78, 5) is 0. The molecule has 0 aliphatic heterocycles. The molecule has 66 valence electrons. The van der Waals surface area contributed by atoms with Crippen molar-refractivity contribution in [2.75, 3.05) is 13.3 Å². The molecule has 0 saturated heterocycles. The summed E-state index contributed by atoms with van der Waals surface area (Å²) < 4.78 is 23.5. The molecule has 1 atom stereocenters. The summed E-state index contributed by atoms with van der Waals surface area (Å²) in [6, 6.07) is 0.185. The molecule has 1 fully saturated rings. The van der Waals surface area contributed by atoms with Gasteiger partial charge in [0.1, 0.15) is 0 Å². The molecular weight excluding hydrogens is 162 g/mol. The third kappa shape index (κ3) is 2.17. The maximum Gasteiger partial charge on any atom is 0.211 e. The molecule has 3 nitrogen and oxygen atoms in total. The van der Waals surface area contributed by atoms with Crippen LogP contribution in [0.3, 0.4) is 0 Å². The van der Waals surface area contributed by atoms with Gasteiger partial charge in [-0.15, -0.1) is 0 Å². The van der Waals surface area contributed by atoms with E-state index in [1.54, 1.807) is 7.05 Å². The Hall–Kier alpha value is -0.0900. The molecule has 0 spiro atoms. The third-order valence-electron chi connectivity index (χ3n) is 2.40. The fourth-order valence-electron chi connectivity index (χ4n) is 1.18. The van der Waals surface area contributed by atoms with Gasteiger partial charge in [0.05, 0.1) is 6.26 Å². The highest BCUT2D eigenvalue weighted by Crippen LogP contribution is 2.35. The van der Waals surface area contributed by atoms with Crippen LogP contribution in [-0.2, 0) is 10.0 Å². The standard InChI is InChI=1S/C7H15NO2S/c1-6(7-4-5-7)8(2)11(3,9)10/h6-7H,4-5H2,1-3H3. The van der Waals surface area contributed by atoms with E-state index in [-0.39, 0.29) is 6.04 Å². The smallest absolute Gasteiger partial charge is 0.211 e. The van der Waals surface area contributed by atoms with Crippen molar-refractivity contribution in [2.24, 2.45) is 5.92 Å². The molecule has 1 unspecified atom stereocenters. The Morgan fingerprint density at radius 3 is 2.18 bits per heavy atom. The summed E-state index contributed by atoms with van der Waals surface area (Å²) in [6.07, 6.45) is 3.62. The molecule has 1 rings (SSSR count). The summed E-state index contributed by atoms with van der Waals surface area (Å²) in [5.74, 6) is 0.606. The van der Waals surface area contributed by atoms with E-state index < -0.39 is 10.0 Å². The molecule has 0 radical (unpaired) electrons. The minimum atomic E-state index is -2.97. The predicted molar refractivity (Wildman–Crippen MR) is 44.8 cm³/mol. The lowest BCUT2D eigenvalue weighted by atomic mass is 10.2. The van der Waals surface area contributed by atoms with Crippen molar-refractivity contribution in [3.63, 3.8) is 0 Å². The Morgan fingerprint density at radius 2 is 1.91 bits per heavy atom. The SMILES string of the molecule is CC(C1CC1)N(C)S(C)(=O)=O. The first-order valence-electron chi connectivity index (χ1n) is 3.86. The van der Waals surface area contributed by atoms with Crippen LogP contribution >= 0.6 is 0 Å². The van der Waals surface area contributed by atoms with E-state index in [0.717, 1.165) is 0 Å². The average Bonchev–Trinajstić information content (AvgIpc) is 2.63.